The van der Waals surface area contributed by atoms with Crippen LogP contribution >= 0.6 is 0 Å². The second kappa shape index (κ2) is 10.1. The van der Waals surface area contributed by atoms with Crippen LogP contribution < -0.4 is 10.6 Å². The molecule has 3 rings (SSSR count). The number of nitrogens with one attached hydrogen (secondary N) is 2. The number of carboxylic acids is 1. The number of carbonyl (C=O) groups excluding carboxylic acids is 2. The van der Waals surface area contributed by atoms with Crippen LogP contribution in [0.1, 0.15) is 43.7 Å². The van der Waals surface area contributed by atoms with E-state index in [0.29, 0.717) is 6.54 Å². The predicted octanol–water partition coefficient (Wildman–Crippen LogP) is 3.53. The fourth-order valence-corrected chi connectivity index (χ4v) is 3.71. The second-order valence-electron chi connectivity index (χ2n) is 7.88. The van der Waals surface area contributed by atoms with Gasteiger partial charge in [0.15, 0.2) is 0 Å². The summed E-state index contributed by atoms with van der Waals surface area (Å²) >= 11 is 0. The van der Waals surface area contributed by atoms with Crippen molar-refractivity contribution in [2.75, 3.05) is 13.2 Å². The molecule has 31 heavy (non-hydrogen) atoms. The number of carbonyl (C=O) groups is 3. The molecule has 1 aliphatic carbocycles. The van der Waals surface area contributed by atoms with Crippen LogP contribution in [0.15, 0.2) is 48.5 Å². The van der Waals surface area contributed by atoms with Crippen molar-refractivity contribution in [1.29, 1.82) is 0 Å². The topological polar surface area (TPSA) is 105 Å². The molecular formula is C24H28N2O5. The van der Waals surface area contributed by atoms with Gasteiger partial charge in [0.05, 0.1) is 6.42 Å². The molecule has 0 aromatic heterocycles. The third kappa shape index (κ3) is 5.42. The monoisotopic (exact) mass is 424 g/mol. The van der Waals surface area contributed by atoms with Gasteiger partial charge in [-0.05, 0) is 28.2 Å². The van der Waals surface area contributed by atoms with Gasteiger partial charge in [-0.2, -0.15) is 0 Å². The lowest BCUT2D eigenvalue weighted by Crippen LogP contribution is -2.48. The van der Waals surface area contributed by atoms with Crippen molar-refractivity contribution in [3.05, 3.63) is 59.7 Å². The molecule has 164 valence electrons. The molecule has 0 spiro atoms. The van der Waals surface area contributed by atoms with Crippen molar-refractivity contribution in [1.82, 2.24) is 10.6 Å². The Morgan fingerprint density at radius 2 is 1.61 bits per heavy atom. The minimum absolute atomic E-state index is 0.0914. The molecule has 2 aromatic carbocycles. The summed E-state index contributed by atoms with van der Waals surface area (Å²) < 4.78 is 5.43. The van der Waals surface area contributed by atoms with Gasteiger partial charge in [-0.15, -0.1) is 0 Å². The minimum Gasteiger partial charge on any atom is -0.481 e. The Kier molecular flexibility index (Phi) is 7.28. The van der Waals surface area contributed by atoms with Gasteiger partial charge in [0, 0.05) is 12.5 Å². The van der Waals surface area contributed by atoms with Crippen LogP contribution in [-0.4, -0.2) is 42.3 Å². The Morgan fingerprint density at radius 1 is 1.03 bits per heavy atom. The van der Waals surface area contributed by atoms with Crippen molar-refractivity contribution in [3.63, 3.8) is 0 Å². The van der Waals surface area contributed by atoms with Gasteiger partial charge in [-0.25, -0.2) is 4.79 Å². The fourth-order valence-electron chi connectivity index (χ4n) is 3.71. The molecule has 0 radical (unpaired) electrons. The number of benzene rings is 2. The molecule has 7 nitrogen and oxygen atoms in total. The zero-order valence-electron chi connectivity index (χ0n) is 17.8. The second-order valence-corrected chi connectivity index (χ2v) is 7.88. The van der Waals surface area contributed by atoms with Crippen LogP contribution in [0, 0.1) is 5.92 Å². The van der Waals surface area contributed by atoms with Gasteiger partial charge in [-0.1, -0.05) is 68.8 Å². The standard InChI is InChI=1S/C24H28N2O5/c1-3-15(2)13-25-23(29)21(12-22(27)28)26-24(30)31-14-20-18-10-6-4-8-16(18)17-9-5-7-11-19(17)20/h4-11,15,20-21H,3,12-14H2,1-2H3,(H,25,29)(H,26,30)(H,27,28). The number of alkyl carbamates (subject to hydrolysis) is 1. The summed E-state index contributed by atoms with van der Waals surface area (Å²) in [6, 6.07) is 14.7. The molecule has 7 heteroatoms. The summed E-state index contributed by atoms with van der Waals surface area (Å²) in [4.78, 5) is 35.9. The zero-order valence-corrected chi connectivity index (χ0v) is 17.8. The first-order valence-electron chi connectivity index (χ1n) is 10.5. The molecule has 3 N–H and O–H groups in total. The molecule has 2 atom stereocenters. The molecule has 2 amide bonds. The van der Waals surface area contributed by atoms with Crippen molar-refractivity contribution in [2.24, 2.45) is 5.92 Å². The molecule has 0 heterocycles. The van der Waals surface area contributed by atoms with Gasteiger partial charge in [0.25, 0.3) is 0 Å². The Balaban J connectivity index is 1.64. The Morgan fingerprint density at radius 3 is 2.16 bits per heavy atom. The third-order valence-corrected chi connectivity index (χ3v) is 5.65. The largest absolute Gasteiger partial charge is 0.481 e. The van der Waals surface area contributed by atoms with Crippen molar-refractivity contribution < 1.29 is 24.2 Å². The molecule has 0 saturated carbocycles. The van der Waals surface area contributed by atoms with E-state index in [2.05, 4.69) is 10.6 Å². The van der Waals surface area contributed by atoms with E-state index in [1.165, 1.54) is 0 Å². The van der Waals surface area contributed by atoms with E-state index in [1.54, 1.807) is 0 Å². The Hall–Kier alpha value is -3.35. The summed E-state index contributed by atoms with van der Waals surface area (Å²) in [5.74, 6) is -1.57. The van der Waals surface area contributed by atoms with Crippen LogP contribution in [0.2, 0.25) is 0 Å². The van der Waals surface area contributed by atoms with Gasteiger partial charge in [0.2, 0.25) is 5.91 Å². The number of ether oxygens (including phenoxy) is 1. The predicted molar refractivity (Wildman–Crippen MR) is 117 cm³/mol. The number of amides is 2. The molecule has 0 fully saturated rings. The van der Waals surface area contributed by atoms with Crippen molar-refractivity contribution in [2.45, 2.75) is 38.6 Å². The highest BCUT2D eigenvalue weighted by Gasteiger charge is 2.30. The van der Waals surface area contributed by atoms with Gasteiger partial charge >= 0.3 is 12.1 Å². The summed E-state index contributed by atoms with van der Waals surface area (Å²) in [6.45, 7) is 4.48. The molecule has 0 saturated heterocycles. The van der Waals surface area contributed by atoms with Gasteiger partial charge < -0.3 is 20.5 Å². The summed E-state index contributed by atoms with van der Waals surface area (Å²) in [5, 5.41) is 14.2. The summed E-state index contributed by atoms with van der Waals surface area (Å²) in [7, 11) is 0. The minimum atomic E-state index is -1.20. The molecule has 2 aromatic rings. The van der Waals surface area contributed by atoms with Gasteiger partial charge in [-0.3, -0.25) is 9.59 Å². The SMILES string of the molecule is CCC(C)CNC(=O)C(CC(=O)O)NC(=O)OCC1c2ccccc2-c2ccccc21. The molecule has 0 bridgehead atoms. The summed E-state index contributed by atoms with van der Waals surface area (Å²) in [6.07, 6.45) is -0.452. The highest BCUT2D eigenvalue weighted by atomic mass is 16.5. The maximum absolute atomic E-state index is 12.4. The molecule has 1 aliphatic rings. The van der Waals surface area contributed by atoms with Crippen LogP contribution in [0.3, 0.4) is 0 Å². The smallest absolute Gasteiger partial charge is 0.407 e. The first kappa shape index (κ1) is 22.3. The first-order chi connectivity index (χ1) is 14.9. The highest BCUT2D eigenvalue weighted by molar-refractivity contribution is 5.89. The van der Waals surface area contributed by atoms with E-state index in [0.717, 1.165) is 28.7 Å². The lowest BCUT2D eigenvalue weighted by Gasteiger charge is -2.19. The number of hydrogen-bond acceptors (Lipinski definition) is 4. The van der Waals surface area contributed by atoms with Crippen LogP contribution in [0.4, 0.5) is 4.79 Å². The van der Waals surface area contributed by atoms with Crippen molar-refractivity contribution in [3.8, 4) is 11.1 Å². The molecule has 2 unspecified atom stereocenters. The lowest BCUT2D eigenvalue weighted by molar-refractivity contribution is -0.139. The van der Waals surface area contributed by atoms with Crippen LogP contribution in [0.5, 0.6) is 0 Å². The number of carboxylic acid groups (broad SMARTS) is 1. The van der Waals surface area contributed by atoms with E-state index in [9.17, 15) is 14.4 Å². The van der Waals surface area contributed by atoms with Gasteiger partial charge in [0.1, 0.15) is 12.6 Å². The van der Waals surface area contributed by atoms with Crippen LogP contribution in [-0.2, 0) is 14.3 Å². The van der Waals surface area contributed by atoms with E-state index in [4.69, 9.17) is 9.84 Å². The molecule has 0 aliphatic heterocycles. The van der Waals surface area contributed by atoms with Crippen LogP contribution in [0.25, 0.3) is 11.1 Å². The summed E-state index contributed by atoms with van der Waals surface area (Å²) in [5.41, 5.74) is 4.37. The normalized spacial score (nSPS) is 14.1. The van der Waals surface area contributed by atoms with E-state index in [1.807, 2.05) is 62.4 Å². The van der Waals surface area contributed by atoms with Crippen molar-refractivity contribution >= 4 is 18.0 Å². The number of hydrogen-bond donors (Lipinski definition) is 3. The highest BCUT2D eigenvalue weighted by Crippen LogP contribution is 2.44. The fraction of sp³-hybridized carbons (Fsp3) is 0.375. The average molecular weight is 424 g/mol. The van der Waals surface area contributed by atoms with E-state index < -0.39 is 30.4 Å². The number of fused-ring (bicyclic) bond motifs is 3. The quantitative estimate of drug-likeness (QED) is 0.571. The lowest BCUT2D eigenvalue weighted by atomic mass is 9.98. The van der Waals surface area contributed by atoms with E-state index in [-0.39, 0.29) is 18.4 Å². The van der Waals surface area contributed by atoms with E-state index >= 15 is 0 Å². The first-order valence-corrected chi connectivity index (χ1v) is 10.5. The Labute approximate surface area is 181 Å². The average Bonchev–Trinajstić information content (AvgIpc) is 3.08. The number of aliphatic carboxylic acids is 1. The molecular weight excluding hydrogens is 396 g/mol. The zero-order chi connectivity index (χ0) is 22.4. The maximum Gasteiger partial charge on any atom is 0.407 e. The Bertz CT molecular complexity index is 913. The maximum atomic E-state index is 12.4. The number of rotatable bonds is 9. The third-order valence-electron chi connectivity index (χ3n) is 5.65.